The van der Waals surface area contributed by atoms with Gasteiger partial charge in [0.05, 0.1) is 12.0 Å². The van der Waals surface area contributed by atoms with Crippen LogP contribution in [0.15, 0.2) is 27.4 Å². The predicted octanol–water partition coefficient (Wildman–Crippen LogP) is 4.18. The molecular weight excluding hydrogens is 364 g/mol. The zero-order valence-electron chi connectivity index (χ0n) is 16.5. The summed E-state index contributed by atoms with van der Waals surface area (Å²) in [5.41, 5.74) is -0.535. The van der Waals surface area contributed by atoms with Gasteiger partial charge in [0.1, 0.15) is 24.5 Å². The third-order valence-electron chi connectivity index (χ3n) is 4.21. The second kappa shape index (κ2) is 11.2. The van der Waals surface area contributed by atoms with Gasteiger partial charge in [0.25, 0.3) is 0 Å². The fourth-order valence-corrected chi connectivity index (χ4v) is 2.77. The Morgan fingerprint density at radius 2 is 1.79 bits per heavy atom. The monoisotopic (exact) mass is 392 g/mol. The van der Waals surface area contributed by atoms with Crippen LogP contribution in [0.2, 0.25) is 0 Å². The van der Waals surface area contributed by atoms with E-state index in [0.29, 0.717) is 17.7 Å². The molecule has 154 valence electrons. The Kier molecular flexibility index (Phi) is 8.65. The van der Waals surface area contributed by atoms with Crippen molar-refractivity contribution in [1.82, 2.24) is 0 Å². The summed E-state index contributed by atoms with van der Waals surface area (Å²) in [5.74, 6) is -0.345. The lowest BCUT2D eigenvalue weighted by molar-refractivity contribution is -0.141. The van der Waals surface area contributed by atoms with Gasteiger partial charge in [-0.3, -0.25) is 4.79 Å². The molecule has 0 saturated heterocycles. The Balaban J connectivity index is 1.96. The number of benzene rings is 1. The molecule has 7 heteroatoms. The highest BCUT2D eigenvalue weighted by Gasteiger charge is 2.16. The van der Waals surface area contributed by atoms with Gasteiger partial charge in [-0.1, -0.05) is 39.0 Å². The average Bonchev–Trinajstić information content (AvgIpc) is 2.66. The molecule has 1 N–H and O–H groups in total. The maximum absolute atomic E-state index is 12.2. The van der Waals surface area contributed by atoms with Crippen LogP contribution in [-0.2, 0) is 9.53 Å². The molecule has 1 aromatic carbocycles. The molecular formula is C21H28O7. The lowest BCUT2D eigenvalue weighted by Crippen LogP contribution is -2.10. The average molecular weight is 392 g/mol. The van der Waals surface area contributed by atoms with Crippen molar-refractivity contribution in [2.45, 2.75) is 52.4 Å². The summed E-state index contributed by atoms with van der Waals surface area (Å²) in [6.45, 7) is 4.13. The number of carbonyl (C=O) groups excluding carboxylic acids is 1. The van der Waals surface area contributed by atoms with Crippen molar-refractivity contribution in [3.8, 4) is 17.2 Å². The summed E-state index contributed by atoms with van der Waals surface area (Å²) in [5, 5.41) is 10.8. The van der Waals surface area contributed by atoms with Gasteiger partial charge in [-0.05, 0) is 18.6 Å². The largest absolute Gasteiger partial charge is 0.504 e. The first kappa shape index (κ1) is 21.6. The van der Waals surface area contributed by atoms with Gasteiger partial charge in [0, 0.05) is 13.0 Å². The Morgan fingerprint density at radius 3 is 2.54 bits per heavy atom. The molecule has 28 heavy (non-hydrogen) atoms. The standard InChI is InChI=1S/C21H28O7/c1-3-4-5-6-7-8-11-27-20-19(23)17-10-9-16(14-18(17)28-21(20)24)26-13-12-25-15(2)22/h9-10,14,23H,3-8,11-13H2,1-2H3. The molecule has 0 fully saturated rings. The first-order valence-corrected chi connectivity index (χ1v) is 9.71. The van der Waals surface area contributed by atoms with Crippen LogP contribution in [0.5, 0.6) is 17.2 Å². The highest BCUT2D eigenvalue weighted by molar-refractivity contribution is 5.86. The maximum Gasteiger partial charge on any atom is 0.383 e. The van der Waals surface area contributed by atoms with Crippen molar-refractivity contribution < 1.29 is 28.5 Å². The van der Waals surface area contributed by atoms with Crippen LogP contribution in [0.1, 0.15) is 52.4 Å². The number of aromatic hydroxyl groups is 1. The minimum atomic E-state index is -0.729. The minimum absolute atomic E-state index is 0.119. The predicted molar refractivity (Wildman–Crippen MR) is 105 cm³/mol. The Morgan fingerprint density at radius 1 is 1.04 bits per heavy atom. The molecule has 0 spiro atoms. The second-order valence-electron chi connectivity index (χ2n) is 6.53. The molecule has 7 nitrogen and oxygen atoms in total. The summed E-state index contributed by atoms with van der Waals surface area (Å²) in [4.78, 5) is 22.9. The topological polar surface area (TPSA) is 95.2 Å². The van der Waals surface area contributed by atoms with Crippen molar-refractivity contribution in [1.29, 1.82) is 0 Å². The molecule has 0 atom stereocenters. The molecule has 0 amide bonds. The van der Waals surface area contributed by atoms with Gasteiger partial charge in [0.15, 0.2) is 5.75 Å². The van der Waals surface area contributed by atoms with Crippen LogP contribution >= 0.6 is 0 Å². The molecule has 1 heterocycles. The number of esters is 1. The molecule has 2 rings (SSSR count). The van der Waals surface area contributed by atoms with Crippen LogP contribution in [0.3, 0.4) is 0 Å². The minimum Gasteiger partial charge on any atom is -0.504 e. The number of unbranched alkanes of at least 4 members (excludes halogenated alkanes) is 5. The Labute approximate surface area is 164 Å². The molecule has 0 unspecified atom stereocenters. The van der Waals surface area contributed by atoms with Gasteiger partial charge >= 0.3 is 11.6 Å². The van der Waals surface area contributed by atoms with Gasteiger partial charge in [0.2, 0.25) is 5.75 Å². The van der Waals surface area contributed by atoms with E-state index in [0.717, 1.165) is 19.3 Å². The molecule has 0 radical (unpaired) electrons. The van der Waals surface area contributed by atoms with Gasteiger partial charge in [-0.25, -0.2) is 4.79 Å². The Bertz CT molecular complexity index is 825. The summed E-state index contributed by atoms with van der Waals surface area (Å²) in [6, 6.07) is 4.72. The Hall–Kier alpha value is -2.70. The van der Waals surface area contributed by atoms with Crippen molar-refractivity contribution in [2.75, 3.05) is 19.8 Å². The summed E-state index contributed by atoms with van der Waals surface area (Å²) in [7, 11) is 0. The number of carbonyl (C=O) groups is 1. The van der Waals surface area contributed by atoms with E-state index in [1.807, 2.05) is 0 Å². The normalized spacial score (nSPS) is 10.8. The lowest BCUT2D eigenvalue weighted by Gasteiger charge is -2.10. The van der Waals surface area contributed by atoms with Crippen molar-refractivity contribution in [3.63, 3.8) is 0 Å². The zero-order valence-corrected chi connectivity index (χ0v) is 16.5. The number of rotatable bonds is 12. The van der Waals surface area contributed by atoms with Crippen molar-refractivity contribution in [2.24, 2.45) is 0 Å². The highest BCUT2D eigenvalue weighted by atomic mass is 16.6. The lowest BCUT2D eigenvalue weighted by atomic mass is 10.1. The van der Waals surface area contributed by atoms with E-state index < -0.39 is 5.63 Å². The van der Waals surface area contributed by atoms with E-state index in [-0.39, 0.29) is 36.3 Å². The number of fused-ring (bicyclic) bond motifs is 1. The maximum atomic E-state index is 12.2. The molecule has 0 bridgehead atoms. The van der Waals surface area contributed by atoms with Crippen molar-refractivity contribution in [3.05, 3.63) is 28.6 Å². The number of ether oxygens (including phenoxy) is 3. The fraction of sp³-hybridized carbons (Fsp3) is 0.524. The second-order valence-corrected chi connectivity index (χ2v) is 6.53. The number of hydrogen-bond acceptors (Lipinski definition) is 7. The smallest absolute Gasteiger partial charge is 0.383 e. The van der Waals surface area contributed by atoms with Crippen LogP contribution < -0.4 is 15.1 Å². The number of hydrogen-bond donors (Lipinski definition) is 1. The van der Waals surface area contributed by atoms with Crippen LogP contribution in [-0.4, -0.2) is 30.9 Å². The molecule has 0 aliphatic rings. The van der Waals surface area contributed by atoms with Crippen LogP contribution in [0.4, 0.5) is 0 Å². The van der Waals surface area contributed by atoms with E-state index >= 15 is 0 Å². The van der Waals surface area contributed by atoms with Gasteiger partial charge < -0.3 is 23.7 Å². The van der Waals surface area contributed by atoms with Crippen molar-refractivity contribution >= 4 is 16.9 Å². The first-order valence-electron chi connectivity index (χ1n) is 9.71. The molecule has 2 aromatic rings. The molecule has 1 aromatic heterocycles. The molecule has 0 aliphatic heterocycles. The van der Waals surface area contributed by atoms with E-state index in [2.05, 4.69) is 6.92 Å². The van der Waals surface area contributed by atoms with E-state index in [1.54, 1.807) is 12.1 Å². The van der Waals surface area contributed by atoms with E-state index in [9.17, 15) is 14.7 Å². The summed E-state index contributed by atoms with van der Waals surface area (Å²) in [6.07, 6.45) is 6.59. The van der Waals surface area contributed by atoms with Gasteiger partial charge in [-0.15, -0.1) is 0 Å². The third kappa shape index (κ3) is 6.48. The SMILES string of the molecule is CCCCCCCCOc1c(O)c2ccc(OCCOC(C)=O)cc2oc1=O. The van der Waals surface area contributed by atoms with E-state index in [1.165, 1.54) is 32.3 Å². The van der Waals surface area contributed by atoms with Crippen LogP contribution in [0.25, 0.3) is 11.0 Å². The van der Waals surface area contributed by atoms with Crippen LogP contribution in [0, 0.1) is 0 Å². The van der Waals surface area contributed by atoms with E-state index in [4.69, 9.17) is 18.6 Å². The summed E-state index contributed by atoms with van der Waals surface area (Å²) >= 11 is 0. The molecule has 0 aliphatic carbocycles. The highest BCUT2D eigenvalue weighted by Crippen LogP contribution is 2.33. The third-order valence-corrected chi connectivity index (χ3v) is 4.21. The first-order chi connectivity index (χ1) is 13.5. The zero-order chi connectivity index (χ0) is 20.4. The van der Waals surface area contributed by atoms with Gasteiger partial charge in [-0.2, -0.15) is 0 Å². The quantitative estimate of drug-likeness (QED) is 0.329. The molecule has 0 saturated carbocycles. The summed E-state index contributed by atoms with van der Waals surface area (Å²) < 4.78 is 21.0. The fourth-order valence-electron chi connectivity index (χ4n) is 2.77.